The molecule has 90 valence electrons. The quantitative estimate of drug-likeness (QED) is 0.365. The number of rotatable bonds is 6. The Hall–Kier alpha value is -1.18. The van der Waals surface area contributed by atoms with E-state index >= 15 is 0 Å². The second-order valence-corrected chi connectivity index (χ2v) is 2.80. The molecule has 0 spiro atoms. The number of aliphatic carboxylic acids is 2. The third-order valence-electron chi connectivity index (χ3n) is 1.36. The summed E-state index contributed by atoms with van der Waals surface area (Å²) in [6.07, 6.45) is 1.14. The van der Waals surface area contributed by atoms with Crippen LogP contribution in [0.1, 0.15) is 12.8 Å². The normalized spacial score (nSPS) is 11.1. The Morgan fingerprint density at radius 2 is 1.93 bits per heavy atom. The van der Waals surface area contributed by atoms with Crippen LogP contribution in [0.15, 0.2) is 0 Å². The van der Waals surface area contributed by atoms with Crippen LogP contribution in [-0.4, -0.2) is 48.3 Å². The monoisotopic (exact) mass is 221 g/mol. The molecule has 0 bridgehead atoms. The van der Waals surface area contributed by atoms with E-state index < -0.39 is 18.0 Å². The fourth-order valence-corrected chi connectivity index (χ4v) is 0.612. The molecule has 0 aliphatic rings. The van der Waals surface area contributed by atoms with Gasteiger partial charge < -0.3 is 27.0 Å². The van der Waals surface area contributed by atoms with Crippen molar-refractivity contribution in [3.05, 3.63) is 0 Å². The van der Waals surface area contributed by atoms with Crippen LogP contribution in [-0.2, 0) is 9.59 Å². The highest BCUT2D eigenvalue weighted by Gasteiger charge is 2.08. The smallest absolute Gasteiger partial charge is 0.320 e. The van der Waals surface area contributed by atoms with Gasteiger partial charge in [0.05, 0.1) is 6.54 Å². The van der Waals surface area contributed by atoms with E-state index in [1.807, 2.05) is 0 Å². The van der Waals surface area contributed by atoms with Crippen molar-refractivity contribution in [1.29, 1.82) is 0 Å². The number of carbonyl (C=O) groups is 2. The van der Waals surface area contributed by atoms with E-state index in [1.165, 1.54) is 0 Å². The zero-order valence-corrected chi connectivity index (χ0v) is 8.77. The molecule has 0 aliphatic heterocycles. The Kier molecular flexibility index (Phi) is 11.8. The van der Waals surface area contributed by atoms with E-state index in [1.54, 1.807) is 7.05 Å². The molecular formula is C8H19N3O4. The first-order chi connectivity index (χ1) is 6.95. The Balaban J connectivity index is 0. The minimum absolute atomic E-state index is 0.0417. The van der Waals surface area contributed by atoms with Gasteiger partial charge in [0.25, 0.3) is 0 Å². The number of hydrogen-bond donors (Lipinski definition) is 5. The number of nitrogens with two attached hydrogens (primary N) is 2. The Labute approximate surface area is 88.4 Å². The van der Waals surface area contributed by atoms with Crippen LogP contribution in [0, 0.1) is 0 Å². The van der Waals surface area contributed by atoms with Gasteiger partial charge in [-0.05, 0) is 26.4 Å². The molecular weight excluding hydrogens is 202 g/mol. The van der Waals surface area contributed by atoms with E-state index in [4.69, 9.17) is 21.7 Å². The summed E-state index contributed by atoms with van der Waals surface area (Å²) < 4.78 is 0. The molecule has 0 aliphatic carbocycles. The largest absolute Gasteiger partial charge is 0.480 e. The lowest BCUT2D eigenvalue weighted by molar-refractivity contribution is -0.139. The average Bonchev–Trinajstić information content (AvgIpc) is 2.14. The summed E-state index contributed by atoms with van der Waals surface area (Å²) in [5, 5.41) is 18.6. The van der Waals surface area contributed by atoms with Gasteiger partial charge in [0, 0.05) is 0 Å². The van der Waals surface area contributed by atoms with E-state index in [2.05, 4.69) is 5.32 Å². The van der Waals surface area contributed by atoms with Crippen LogP contribution in [0.4, 0.5) is 0 Å². The van der Waals surface area contributed by atoms with Crippen molar-refractivity contribution < 1.29 is 19.8 Å². The molecule has 0 amide bonds. The van der Waals surface area contributed by atoms with Gasteiger partial charge in [-0.15, -0.1) is 0 Å². The molecule has 0 radical (unpaired) electrons. The number of carboxylic acid groups (broad SMARTS) is 2. The van der Waals surface area contributed by atoms with E-state index in [-0.39, 0.29) is 6.54 Å². The first-order valence-corrected chi connectivity index (χ1v) is 4.50. The Morgan fingerprint density at radius 3 is 2.13 bits per heavy atom. The van der Waals surface area contributed by atoms with E-state index in [0.717, 1.165) is 0 Å². The van der Waals surface area contributed by atoms with E-state index in [0.29, 0.717) is 19.4 Å². The highest BCUT2D eigenvalue weighted by molar-refractivity contribution is 5.72. The fraction of sp³-hybridized carbons (Fsp3) is 0.750. The molecule has 0 aromatic rings. The van der Waals surface area contributed by atoms with Crippen LogP contribution < -0.4 is 16.8 Å². The van der Waals surface area contributed by atoms with Crippen LogP contribution in [0.5, 0.6) is 0 Å². The maximum absolute atomic E-state index is 10.0. The highest BCUT2D eigenvalue weighted by Crippen LogP contribution is 1.91. The maximum Gasteiger partial charge on any atom is 0.320 e. The topological polar surface area (TPSA) is 139 Å². The molecule has 0 heterocycles. The molecule has 0 fully saturated rings. The van der Waals surface area contributed by atoms with Gasteiger partial charge >= 0.3 is 11.9 Å². The second kappa shape index (κ2) is 10.9. The van der Waals surface area contributed by atoms with Gasteiger partial charge in [-0.2, -0.15) is 0 Å². The van der Waals surface area contributed by atoms with Crippen molar-refractivity contribution in [3.63, 3.8) is 0 Å². The second-order valence-electron chi connectivity index (χ2n) is 2.80. The summed E-state index contributed by atoms with van der Waals surface area (Å²) in [4.78, 5) is 19.6. The average molecular weight is 221 g/mol. The molecule has 7 heteroatoms. The van der Waals surface area contributed by atoms with Gasteiger partial charge in [0.15, 0.2) is 0 Å². The molecule has 0 saturated carbocycles. The molecule has 1 atom stereocenters. The van der Waals surface area contributed by atoms with Crippen LogP contribution >= 0.6 is 0 Å². The first-order valence-electron chi connectivity index (χ1n) is 4.50. The van der Waals surface area contributed by atoms with Crippen molar-refractivity contribution in [2.75, 3.05) is 20.1 Å². The predicted molar refractivity (Wildman–Crippen MR) is 55.5 cm³/mol. The third kappa shape index (κ3) is 15.6. The van der Waals surface area contributed by atoms with Gasteiger partial charge in [0.1, 0.15) is 6.04 Å². The summed E-state index contributed by atoms with van der Waals surface area (Å²) in [6.45, 7) is 0.543. The Morgan fingerprint density at radius 1 is 1.40 bits per heavy atom. The zero-order valence-electron chi connectivity index (χ0n) is 8.77. The zero-order chi connectivity index (χ0) is 12.3. The number of likely N-dealkylation sites (N-methyl/N-ethyl adjacent to an activating group) is 1. The van der Waals surface area contributed by atoms with Crippen LogP contribution in [0.3, 0.4) is 0 Å². The molecule has 0 unspecified atom stereocenters. The summed E-state index contributed by atoms with van der Waals surface area (Å²) in [5.74, 6) is -1.78. The van der Waals surface area contributed by atoms with Crippen LogP contribution in [0.25, 0.3) is 0 Å². The van der Waals surface area contributed by atoms with Gasteiger partial charge in [-0.3, -0.25) is 9.59 Å². The van der Waals surface area contributed by atoms with Crippen molar-refractivity contribution in [2.24, 2.45) is 11.5 Å². The molecule has 15 heavy (non-hydrogen) atoms. The number of hydrogen-bond acceptors (Lipinski definition) is 5. The molecule has 0 rings (SSSR count). The predicted octanol–water partition coefficient (Wildman–Crippen LogP) is -1.57. The van der Waals surface area contributed by atoms with E-state index in [9.17, 15) is 9.59 Å². The number of nitrogens with one attached hydrogen (secondary N) is 1. The minimum atomic E-state index is -0.955. The lowest BCUT2D eigenvalue weighted by atomic mass is 10.2. The maximum atomic E-state index is 10.0. The molecule has 0 aromatic heterocycles. The Bertz CT molecular complexity index is 187. The van der Waals surface area contributed by atoms with Crippen molar-refractivity contribution >= 4 is 11.9 Å². The first kappa shape index (κ1) is 16.3. The lowest BCUT2D eigenvalue weighted by Crippen LogP contribution is -2.30. The minimum Gasteiger partial charge on any atom is -0.480 e. The SMILES string of the molecule is CNCC(=O)O.NCCC[C@H](N)C(=O)O. The van der Waals surface area contributed by atoms with Crippen molar-refractivity contribution in [2.45, 2.75) is 18.9 Å². The van der Waals surface area contributed by atoms with Crippen molar-refractivity contribution in [1.82, 2.24) is 5.32 Å². The highest BCUT2D eigenvalue weighted by atomic mass is 16.4. The molecule has 0 saturated heterocycles. The van der Waals surface area contributed by atoms with Crippen LogP contribution in [0.2, 0.25) is 0 Å². The summed E-state index contributed by atoms with van der Waals surface area (Å²) in [7, 11) is 1.59. The van der Waals surface area contributed by atoms with Gasteiger partial charge in [-0.1, -0.05) is 0 Å². The lowest BCUT2D eigenvalue weighted by Gasteiger charge is -2.02. The summed E-state index contributed by atoms with van der Waals surface area (Å²) >= 11 is 0. The molecule has 7 N–H and O–H groups in total. The van der Waals surface area contributed by atoms with Gasteiger partial charge in [0.2, 0.25) is 0 Å². The fourth-order valence-electron chi connectivity index (χ4n) is 0.612. The van der Waals surface area contributed by atoms with Crippen molar-refractivity contribution in [3.8, 4) is 0 Å². The van der Waals surface area contributed by atoms with Gasteiger partial charge in [-0.25, -0.2) is 0 Å². The molecule has 0 aromatic carbocycles. The third-order valence-corrected chi connectivity index (χ3v) is 1.36. The standard InChI is InChI=1S/C5H12N2O2.C3H7NO2/c6-3-1-2-4(7)5(8)9;1-4-2-3(5)6/h4H,1-3,6-7H2,(H,8,9);4H,2H2,1H3,(H,5,6)/t4-;/m0./s1. The summed E-state index contributed by atoms with van der Waals surface area (Å²) in [6, 6.07) is -0.742. The summed E-state index contributed by atoms with van der Waals surface area (Å²) in [5.41, 5.74) is 10.3. The number of carboxylic acids is 2. The molecule has 7 nitrogen and oxygen atoms in total.